The Hall–Kier alpha value is -0.720. The lowest BCUT2D eigenvalue weighted by molar-refractivity contribution is 0.0887. The average Bonchev–Trinajstić information content (AvgIpc) is 3.17. The molecule has 2 aliphatic rings. The van der Waals surface area contributed by atoms with Gasteiger partial charge in [-0.15, -0.1) is 0 Å². The van der Waals surface area contributed by atoms with Crippen LogP contribution in [0.4, 0.5) is 0 Å². The molecular formula is C19H33NO4S. The SMILES string of the molecule is CC[S+]([O-])C[C@@H]1[C@H](C/C=C\CCC(C)(C)C(=NO)OC)[C@@H]2CC[C@H]1O2. The minimum Gasteiger partial charge on any atom is -0.616 e. The van der Waals surface area contributed by atoms with Gasteiger partial charge in [-0.1, -0.05) is 42.3 Å². The summed E-state index contributed by atoms with van der Waals surface area (Å²) in [6.07, 6.45) is 10.2. The Morgan fingerprint density at radius 2 is 2.00 bits per heavy atom. The van der Waals surface area contributed by atoms with Crippen LogP contribution in [0.3, 0.4) is 0 Å². The quantitative estimate of drug-likeness (QED) is 0.167. The maximum Gasteiger partial charge on any atom is 0.230 e. The van der Waals surface area contributed by atoms with Crippen LogP contribution in [0.15, 0.2) is 17.3 Å². The van der Waals surface area contributed by atoms with Crippen molar-refractivity contribution in [1.82, 2.24) is 0 Å². The van der Waals surface area contributed by atoms with Gasteiger partial charge in [0.15, 0.2) is 0 Å². The number of ether oxygens (including phenoxy) is 2. The molecule has 0 aromatic carbocycles. The van der Waals surface area contributed by atoms with Crippen molar-refractivity contribution in [3.8, 4) is 0 Å². The van der Waals surface area contributed by atoms with Crippen molar-refractivity contribution < 1.29 is 19.2 Å². The monoisotopic (exact) mass is 371 g/mol. The molecule has 0 amide bonds. The molecule has 1 unspecified atom stereocenters. The molecule has 5 nitrogen and oxygen atoms in total. The largest absolute Gasteiger partial charge is 0.616 e. The molecular weight excluding hydrogens is 338 g/mol. The summed E-state index contributed by atoms with van der Waals surface area (Å²) >= 11 is -0.722. The summed E-state index contributed by atoms with van der Waals surface area (Å²) in [5.74, 6) is 2.84. The normalized spacial score (nSPS) is 31.0. The zero-order valence-corrected chi connectivity index (χ0v) is 16.8. The van der Waals surface area contributed by atoms with E-state index in [-0.39, 0.29) is 5.41 Å². The van der Waals surface area contributed by atoms with Gasteiger partial charge in [0.05, 0.1) is 19.3 Å². The lowest BCUT2D eigenvalue weighted by atomic mass is 9.78. The second kappa shape index (κ2) is 9.28. The molecule has 2 rings (SSSR count). The summed E-state index contributed by atoms with van der Waals surface area (Å²) < 4.78 is 23.2. The summed E-state index contributed by atoms with van der Waals surface area (Å²) in [5.41, 5.74) is -0.288. The van der Waals surface area contributed by atoms with Crippen molar-refractivity contribution in [1.29, 1.82) is 0 Å². The van der Waals surface area contributed by atoms with Crippen LogP contribution in [0, 0.1) is 17.3 Å². The number of oxime groups is 1. The average molecular weight is 372 g/mol. The molecule has 0 aliphatic carbocycles. The Kier molecular flexibility index (Phi) is 7.65. The van der Waals surface area contributed by atoms with Crippen LogP contribution < -0.4 is 0 Å². The first kappa shape index (κ1) is 20.6. The smallest absolute Gasteiger partial charge is 0.230 e. The predicted octanol–water partition coefficient (Wildman–Crippen LogP) is 3.74. The van der Waals surface area contributed by atoms with E-state index < -0.39 is 11.2 Å². The molecule has 1 N–H and O–H groups in total. The first-order valence-electron chi connectivity index (χ1n) is 9.34. The maximum atomic E-state index is 12.0. The zero-order valence-electron chi connectivity index (χ0n) is 15.9. The second-order valence-corrected chi connectivity index (χ2v) is 9.54. The fourth-order valence-corrected chi connectivity index (χ4v) is 5.26. The lowest BCUT2D eigenvalue weighted by Gasteiger charge is -2.27. The fourth-order valence-electron chi connectivity index (χ4n) is 4.14. The highest BCUT2D eigenvalue weighted by Crippen LogP contribution is 2.45. The molecule has 2 heterocycles. The van der Waals surface area contributed by atoms with Gasteiger partial charge >= 0.3 is 0 Å². The molecule has 5 atom stereocenters. The summed E-state index contributed by atoms with van der Waals surface area (Å²) in [6.45, 7) is 6.02. The van der Waals surface area contributed by atoms with Gasteiger partial charge in [0.25, 0.3) is 0 Å². The fraction of sp³-hybridized carbons (Fsp3) is 0.842. The van der Waals surface area contributed by atoms with Crippen LogP contribution in [0.25, 0.3) is 0 Å². The minimum atomic E-state index is -0.722. The first-order chi connectivity index (χ1) is 11.9. The molecule has 2 fully saturated rings. The van der Waals surface area contributed by atoms with Crippen LogP contribution in [-0.2, 0) is 20.6 Å². The molecule has 0 radical (unpaired) electrons. The third kappa shape index (κ3) is 5.14. The van der Waals surface area contributed by atoms with Crippen molar-refractivity contribution in [3.63, 3.8) is 0 Å². The molecule has 6 heteroatoms. The molecule has 2 bridgehead atoms. The maximum absolute atomic E-state index is 12.0. The van der Waals surface area contributed by atoms with Crippen molar-refractivity contribution >= 4 is 17.1 Å². The zero-order chi connectivity index (χ0) is 18.4. The van der Waals surface area contributed by atoms with Gasteiger partial charge in [-0.3, -0.25) is 0 Å². The standard InChI is InChI=1S/C19H33NO4S/c1-5-25(22)13-15-14(16-10-11-17(15)24-16)9-7-6-8-12-19(2,3)18(20-21)23-4/h6-7,14-17,21H,5,8-13H2,1-4H3/b7-6-,20-18?/t14-,15+,16-,17+,25?/m0/s1. The van der Waals surface area contributed by atoms with Gasteiger partial charge in [-0.05, 0) is 44.9 Å². The molecule has 0 aromatic heterocycles. The molecule has 0 aromatic rings. The van der Waals surface area contributed by atoms with Crippen molar-refractivity contribution in [3.05, 3.63) is 12.2 Å². The van der Waals surface area contributed by atoms with E-state index in [9.17, 15) is 4.55 Å². The number of hydrogen-bond donors (Lipinski definition) is 1. The summed E-state index contributed by atoms with van der Waals surface area (Å²) in [4.78, 5) is 0. The van der Waals surface area contributed by atoms with E-state index in [0.717, 1.165) is 43.6 Å². The van der Waals surface area contributed by atoms with Gasteiger partial charge in [0.1, 0.15) is 11.5 Å². The van der Waals surface area contributed by atoms with Gasteiger partial charge in [0, 0.05) is 11.3 Å². The number of methoxy groups -OCH3 is 1. The predicted molar refractivity (Wildman–Crippen MR) is 101 cm³/mol. The Labute approximate surface area is 155 Å². The van der Waals surface area contributed by atoms with E-state index in [2.05, 4.69) is 17.3 Å². The van der Waals surface area contributed by atoms with Crippen molar-refractivity contribution in [2.75, 3.05) is 18.6 Å². The van der Waals surface area contributed by atoms with Gasteiger partial charge in [-0.25, -0.2) is 0 Å². The van der Waals surface area contributed by atoms with E-state index in [1.165, 1.54) is 7.11 Å². The highest BCUT2D eigenvalue weighted by atomic mass is 32.2. The van der Waals surface area contributed by atoms with Gasteiger partial charge in [-0.2, -0.15) is 0 Å². The minimum absolute atomic E-state index is 0.288. The van der Waals surface area contributed by atoms with E-state index in [4.69, 9.17) is 14.7 Å². The van der Waals surface area contributed by atoms with Crippen LogP contribution in [0.5, 0.6) is 0 Å². The number of allylic oxidation sites excluding steroid dienone is 2. The Bertz CT molecular complexity index is 480. The molecule has 144 valence electrons. The Morgan fingerprint density at radius 1 is 1.32 bits per heavy atom. The highest BCUT2D eigenvalue weighted by molar-refractivity contribution is 7.91. The van der Waals surface area contributed by atoms with Crippen LogP contribution >= 0.6 is 0 Å². The molecule has 2 aliphatic heterocycles. The molecule has 25 heavy (non-hydrogen) atoms. The lowest BCUT2D eigenvalue weighted by Crippen LogP contribution is -2.33. The molecule has 0 spiro atoms. The second-order valence-electron chi connectivity index (χ2n) is 7.75. The number of hydrogen-bond acceptors (Lipinski definition) is 5. The third-order valence-corrected chi connectivity index (χ3v) is 7.07. The van der Waals surface area contributed by atoms with Crippen molar-refractivity contribution in [2.24, 2.45) is 22.4 Å². The van der Waals surface area contributed by atoms with E-state index in [0.29, 0.717) is 29.9 Å². The Balaban J connectivity index is 1.82. The van der Waals surface area contributed by atoms with Gasteiger partial charge < -0.3 is 19.2 Å². The number of rotatable bonds is 9. The van der Waals surface area contributed by atoms with Crippen molar-refractivity contribution in [2.45, 2.75) is 65.1 Å². The first-order valence-corrected chi connectivity index (χ1v) is 10.8. The van der Waals surface area contributed by atoms with E-state index >= 15 is 0 Å². The molecule has 2 saturated heterocycles. The summed E-state index contributed by atoms with van der Waals surface area (Å²) in [6, 6.07) is 0. The van der Waals surface area contributed by atoms with E-state index in [1.54, 1.807) is 0 Å². The van der Waals surface area contributed by atoms with Crippen LogP contribution in [0.1, 0.15) is 52.9 Å². The number of fused-ring (bicyclic) bond motifs is 2. The summed E-state index contributed by atoms with van der Waals surface area (Å²) in [7, 11) is 1.53. The third-order valence-electron chi connectivity index (χ3n) is 5.66. The number of nitrogens with zero attached hydrogens (tertiary/aromatic N) is 1. The summed E-state index contributed by atoms with van der Waals surface area (Å²) in [5, 5.41) is 12.2. The van der Waals surface area contributed by atoms with Gasteiger partial charge in [0.2, 0.25) is 5.90 Å². The highest BCUT2D eigenvalue weighted by Gasteiger charge is 2.49. The van der Waals surface area contributed by atoms with E-state index in [1.807, 2.05) is 20.8 Å². The topological polar surface area (TPSA) is 74.1 Å². The Morgan fingerprint density at radius 3 is 2.60 bits per heavy atom. The molecule has 0 saturated carbocycles. The van der Waals surface area contributed by atoms with Crippen LogP contribution in [0.2, 0.25) is 0 Å². The van der Waals surface area contributed by atoms with Crippen LogP contribution in [-0.4, -0.2) is 46.5 Å².